The minimum atomic E-state index is -4.13. The number of hydrogen-bond acceptors (Lipinski definition) is 12. The second-order valence-electron chi connectivity index (χ2n) is 8.31. The molecule has 1 fully saturated rings. The smallest absolute Gasteiger partial charge is 0.351 e. The third-order valence-corrected chi connectivity index (χ3v) is 6.26. The zero-order valence-corrected chi connectivity index (χ0v) is 20.9. The Hall–Kier alpha value is -3.24. The largest absolute Gasteiger partial charge is 0.455 e. The fraction of sp³-hybridized carbons (Fsp3) is 0.700. The highest BCUT2D eigenvalue weighted by Crippen LogP contribution is 2.42. The zero-order chi connectivity index (χ0) is 27.6. The van der Waals surface area contributed by atoms with Gasteiger partial charge in [-0.25, -0.2) is 4.79 Å². The first-order chi connectivity index (χ1) is 17.5. The quantitative estimate of drug-likeness (QED) is 0.0732. The van der Waals surface area contributed by atoms with Crippen LogP contribution in [0.4, 0.5) is 5.82 Å². The minimum Gasteiger partial charge on any atom is -0.455 e. The Morgan fingerprint density at radius 2 is 1.95 bits per heavy atom. The van der Waals surface area contributed by atoms with Crippen LogP contribution < -0.4 is 11.4 Å². The Bertz CT molecular complexity index is 1170. The van der Waals surface area contributed by atoms with Crippen LogP contribution in [0, 0.1) is 0 Å². The summed E-state index contributed by atoms with van der Waals surface area (Å²) in [7, 11) is -4.13. The number of aliphatic hydroxyl groups excluding tert-OH is 1. The van der Waals surface area contributed by atoms with Gasteiger partial charge >= 0.3 is 17.6 Å². The van der Waals surface area contributed by atoms with Crippen molar-refractivity contribution in [1.29, 1.82) is 0 Å². The molecular weight excluding hydrogens is 516 g/mol. The molecule has 1 saturated heterocycles. The van der Waals surface area contributed by atoms with Gasteiger partial charge in [-0.05, 0) is 30.9 Å². The van der Waals surface area contributed by atoms with Crippen molar-refractivity contribution in [2.24, 2.45) is 5.11 Å². The van der Waals surface area contributed by atoms with Crippen molar-refractivity contribution in [3.63, 3.8) is 0 Å². The lowest BCUT2D eigenvalue weighted by molar-refractivity contribution is -0.173. The number of aromatic nitrogens is 2. The van der Waals surface area contributed by atoms with Crippen LogP contribution in [0.2, 0.25) is 0 Å². The standard InChI is InChI=1S/C20H30N6O10S/c1-2-3-7-15(29)35-17-16(34-14(28)8-5-4-6-11-37(31,32)33)18(36-20(17,12-27)24-25-22)26-10-9-13(21)23-19(26)30/h9-10,16-18,27H,2-8,11-12H2,1H3,(H2,21,23,30)(H,31,32,33)/t16-,17-,18+,20+/m0/s1. The molecule has 0 amide bonds. The molecule has 206 valence electrons. The van der Waals surface area contributed by atoms with Gasteiger partial charge in [0, 0.05) is 24.0 Å². The van der Waals surface area contributed by atoms with Crippen molar-refractivity contribution in [2.75, 3.05) is 18.1 Å². The number of aliphatic hydroxyl groups is 1. The van der Waals surface area contributed by atoms with Gasteiger partial charge in [-0.15, -0.1) is 0 Å². The van der Waals surface area contributed by atoms with E-state index in [4.69, 9.17) is 30.0 Å². The molecule has 16 nitrogen and oxygen atoms in total. The maximum absolute atomic E-state index is 12.7. The molecular formula is C20H30N6O10S. The highest BCUT2D eigenvalue weighted by molar-refractivity contribution is 7.85. The highest BCUT2D eigenvalue weighted by atomic mass is 32.2. The summed E-state index contributed by atoms with van der Waals surface area (Å²) in [5.41, 5.74) is 11.5. The molecule has 2 heterocycles. The molecule has 1 aliphatic rings. The molecule has 1 aliphatic heterocycles. The Labute approximate surface area is 212 Å². The van der Waals surface area contributed by atoms with Crippen molar-refractivity contribution in [1.82, 2.24) is 9.55 Å². The maximum atomic E-state index is 12.7. The lowest BCUT2D eigenvalue weighted by Gasteiger charge is -2.28. The van der Waals surface area contributed by atoms with E-state index in [1.54, 1.807) is 0 Å². The van der Waals surface area contributed by atoms with Gasteiger partial charge in [-0.2, -0.15) is 13.4 Å². The molecule has 4 atom stereocenters. The summed E-state index contributed by atoms with van der Waals surface area (Å²) >= 11 is 0. The summed E-state index contributed by atoms with van der Waals surface area (Å²) in [5, 5.41) is 13.6. The molecule has 0 aliphatic carbocycles. The zero-order valence-electron chi connectivity index (χ0n) is 20.1. The van der Waals surface area contributed by atoms with Crippen LogP contribution in [-0.4, -0.2) is 69.9 Å². The molecule has 1 aromatic rings. The van der Waals surface area contributed by atoms with E-state index in [9.17, 15) is 27.9 Å². The lowest BCUT2D eigenvalue weighted by Crippen LogP contribution is -2.48. The minimum absolute atomic E-state index is 0.0206. The summed E-state index contributed by atoms with van der Waals surface area (Å²) in [6.45, 7) is 0.862. The van der Waals surface area contributed by atoms with Gasteiger partial charge in [-0.1, -0.05) is 24.9 Å². The number of azide groups is 1. The number of nitrogens with two attached hydrogens (primary N) is 1. The molecule has 0 unspecified atom stereocenters. The Morgan fingerprint density at radius 1 is 1.27 bits per heavy atom. The van der Waals surface area contributed by atoms with Crippen LogP contribution in [0.25, 0.3) is 10.4 Å². The van der Waals surface area contributed by atoms with E-state index in [0.29, 0.717) is 12.8 Å². The average molecular weight is 547 g/mol. The SMILES string of the molecule is CCCCC(=O)O[C@H]1[C@H](OC(=O)CCCCCS(=O)(=O)O)[C@H](n2ccc(N)nc2=O)O[C@@]1(CO)N=[N+]=[N-]. The molecule has 37 heavy (non-hydrogen) atoms. The van der Waals surface area contributed by atoms with E-state index in [-0.39, 0.29) is 37.9 Å². The molecule has 2 rings (SSSR count). The Balaban J connectivity index is 2.36. The summed E-state index contributed by atoms with van der Waals surface area (Å²) < 4.78 is 48.0. The number of hydrogen-bond donors (Lipinski definition) is 3. The lowest BCUT2D eigenvalue weighted by atomic mass is 10.0. The van der Waals surface area contributed by atoms with Gasteiger partial charge in [0.25, 0.3) is 10.1 Å². The first-order valence-electron chi connectivity index (χ1n) is 11.5. The van der Waals surface area contributed by atoms with E-state index in [2.05, 4.69) is 15.0 Å². The number of carbonyl (C=O) groups excluding carboxylic acids is 2. The number of rotatable bonds is 14. The van der Waals surface area contributed by atoms with Crippen molar-refractivity contribution < 1.29 is 41.9 Å². The van der Waals surface area contributed by atoms with Gasteiger partial charge in [-0.3, -0.25) is 18.7 Å². The van der Waals surface area contributed by atoms with Gasteiger partial charge in [0.2, 0.25) is 5.72 Å². The van der Waals surface area contributed by atoms with Crippen molar-refractivity contribution in [2.45, 2.75) is 76.0 Å². The number of nitrogens with zero attached hydrogens (tertiary/aromatic N) is 5. The van der Waals surface area contributed by atoms with E-state index in [0.717, 1.165) is 4.57 Å². The first-order valence-corrected chi connectivity index (χ1v) is 13.1. The number of anilines is 1. The van der Waals surface area contributed by atoms with Gasteiger partial charge in [0.05, 0.1) is 12.4 Å². The summed E-state index contributed by atoms with van der Waals surface area (Å²) in [6, 6.07) is 1.26. The average Bonchev–Trinajstić information content (AvgIpc) is 3.10. The van der Waals surface area contributed by atoms with Crippen LogP contribution in [0.3, 0.4) is 0 Å². The molecule has 0 spiro atoms. The molecule has 0 saturated carbocycles. The van der Waals surface area contributed by atoms with Gasteiger partial charge in [0.1, 0.15) is 5.82 Å². The Kier molecular flexibility index (Phi) is 10.8. The summed E-state index contributed by atoms with van der Waals surface area (Å²) in [6.07, 6.45) is -2.02. The number of nitrogen functional groups attached to an aromatic ring is 1. The molecule has 0 bridgehead atoms. The summed E-state index contributed by atoms with van der Waals surface area (Å²) in [4.78, 5) is 43.9. The van der Waals surface area contributed by atoms with E-state index in [1.807, 2.05) is 6.92 Å². The van der Waals surface area contributed by atoms with Crippen LogP contribution in [-0.2, 0) is 33.9 Å². The van der Waals surface area contributed by atoms with E-state index >= 15 is 0 Å². The van der Waals surface area contributed by atoms with Crippen molar-refractivity contribution in [3.05, 3.63) is 33.2 Å². The molecule has 0 radical (unpaired) electrons. The second-order valence-corrected chi connectivity index (χ2v) is 9.88. The van der Waals surface area contributed by atoms with Crippen LogP contribution in [0.5, 0.6) is 0 Å². The van der Waals surface area contributed by atoms with Crippen LogP contribution in [0.15, 0.2) is 22.2 Å². The van der Waals surface area contributed by atoms with Crippen molar-refractivity contribution >= 4 is 27.9 Å². The number of carbonyl (C=O) groups is 2. The van der Waals surface area contributed by atoms with Gasteiger partial charge < -0.3 is 25.1 Å². The first kappa shape index (κ1) is 30.0. The highest BCUT2D eigenvalue weighted by Gasteiger charge is 2.60. The van der Waals surface area contributed by atoms with Gasteiger partial charge in [0.15, 0.2) is 18.4 Å². The monoisotopic (exact) mass is 546 g/mol. The van der Waals surface area contributed by atoms with E-state index < -0.39 is 64.3 Å². The third-order valence-electron chi connectivity index (χ3n) is 5.46. The molecule has 17 heteroatoms. The second kappa shape index (κ2) is 13.3. The third kappa shape index (κ3) is 8.40. The predicted octanol–water partition coefficient (Wildman–Crippen LogP) is 0.815. The predicted molar refractivity (Wildman–Crippen MR) is 126 cm³/mol. The normalized spacial score (nSPS) is 23.3. The molecule has 4 N–H and O–H groups in total. The Morgan fingerprint density at radius 3 is 2.54 bits per heavy atom. The molecule has 0 aromatic carbocycles. The number of unbranched alkanes of at least 4 members (excludes halogenated alkanes) is 3. The topological polar surface area (TPSA) is 246 Å². The number of ether oxygens (including phenoxy) is 3. The van der Waals surface area contributed by atoms with E-state index in [1.165, 1.54) is 12.3 Å². The van der Waals surface area contributed by atoms with Crippen LogP contribution >= 0.6 is 0 Å². The fourth-order valence-corrected chi connectivity index (χ4v) is 4.21. The van der Waals surface area contributed by atoms with Crippen LogP contribution in [0.1, 0.15) is 58.1 Å². The summed E-state index contributed by atoms with van der Waals surface area (Å²) in [5.74, 6) is -2.14. The number of esters is 2. The fourth-order valence-electron chi connectivity index (χ4n) is 3.64. The maximum Gasteiger partial charge on any atom is 0.351 e. The van der Waals surface area contributed by atoms with Crippen molar-refractivity contribution in [3.8, 4) is 0 Å². The molecule has 1 aromatic heterocycles.